The van der Waals surface area contributed by atoms with Gasteiger partial charge < -0.3 is 19.6 Å². The molecule has 0 radical (unpaired) electrons. The zero-order chi connectivity index (χ0) is 66.3. The molecule has 0 amide bonds. The Labute approximate surface area is 563 Å². The van der Waals surface area contributed by atoms with Crippen LogP contribution >= 0.6 is 0 Å². The van der Waals surface area contributed by atoms with Crippen LogP contribution in [0, 0.1) is 48.5 Å². The van der Waals surface area contributed by atoms with Crippen molar-refractivity contribution in [2.75, 3.05) is 19.6 Å². The molecule has 14 aromatic rings. The van der Waals surface area contributed by atoms with Crippen molar-refractivity contribution < 1.29 is 0 Å². The van der Waals surface area contributed by atoms with Gasteiger partial charge in [-0.3, -0.25) is 0 Å². The molecule has 14 aromatic carbocycles. The molecule has 0 bridgehead atoms. The van der Waals surface area contributed by atoms with Gasteiger partial charge in [-0.2, -0.15) is 0 Å². The quantitative estimate of drug-likeness (QED) is 0.0893. The number of rotatable bonds is 12. The van der Waals surface area contributed by atoms with E-state index in [2.05, 4.69) is 395 Å². The van der Waals surface area contributed by atoms with E-state index in [9.17, 15) is 0 Å². The smallest absolute Gasteiger partial charge is 0.0620 e. The lowest BCUT2D eigenvalue weighted by Crippen LogP contribution is -2.16. The maximum absolute atomic E-state index is 2.47. The van der Waals surface area contributed by atoms with E-state index in [1.54, 1.807) is 0 Å². The second-order valence-corrected chi connectivity index (χ2v) is 28.0. The van der Waals surface area contributed by atoms with E-state index >= 15 is 0 Å². The largest absolute Gasteiger partial charge is 0.309 e. The first kappa shape index (κ1) is 63.1. The molecule has 14 rings (SSSR count). The van der Waals surface area contributed by atoms with Crippen LogP contribution < -0.4 is 19.6 Å². The van der Waals surface area contributed by atoms with Crippen molar-refractivity contribution in [3.63, 3.8) is 0 Å². The second-order valence-electron chi connectivity index (χ2n) is 28.0. The minimum atomic E-state index is 0.0654. The Bertz CT molecular complexity index is 4730. The molecule has 4 nitrogen and oxygen atoms in total. The summed E-state index contributed by atoms with van der Waals surface area (Å²) in [6, 6.07) is 105. The van der Waals surface area contributed by atoms with Gasteiger partial charge in [-0.1, -0.05) is 262 Å². The maximum Gasteiger partial charge on any atom is 0.0620 e. The zero-order valence-corrected chi connectivity index (χ0v) is 57.4. The van der Waals surface area contributed by atoms with Crippen LogP contribution in [0.5, 0.6) is 0 Å². The fourth-order valence-corrected chi connectivity index (χ4v) is 13.3. The third-order valence-corrected chi connectivity index (χ3v) is 18.6. The molecule has 0 aliphatic rings. The standard InChI is InChI=1S/C49H50N2.C42H36N2/c1-33-14-23-38(24-15-33)50(40-27-19-36(20-28-40)48(4,5)6)46-42-12-10-11-13-43(42)47(45-32-35(3)18-31-44(45)46)51(39-25-16-34(2)17-26-39)41-29-21-37(22-30-41)49(7,8)9;1-29-13-21-33(22-14-29)43(34-23-15-30(2)16-24-34)41-37-9-5-7-11-39(37)42(40-12-8-6-10-38(40)41)44(35-25-17-31(3)18-26-35)36-27-19-32(4)20-28-36/h10-32H,1-9H3;5-28H,1-4H3. The summed E-state index contributed by atoms with van der Waals surface area (Å²) in [4.78, 5) is 9.78. The van der Waals surface area contributed by atoms with Gasteiger partial charge in [0.2, 0.25) is 0 Å². The van der Waals surface area contributed by atoms with Crippen LogP contribution in [0.3, 0.4) is 0 Å². The molecule has 0 saturated heterocycles. The highest BCUT2D eigenvalue weighted by molar-refractivity contribution is 6.25. The summed E-state index contributed by atoms with van der Waals surface area (Å²) < 4.78 is 0. The van der Waals surface area contributed by atoms with Gasteiger partial charge in [0, 0.05) is 88.6 Å². The molecule has 95 heavy (non-hydrogen) atoms. The molecule has 0 unspecified atom stereocenters. The fraction of sp³-hybridized carbons (Fsp3) is 0.165. The lowest BCUT2D eigenvalue weighted by Gasteiger charge is -2.33. The predicted octanol–water partition coefficient (Wildman–Crippen LogP) is 26.6. The average molecular weight is 1240 g/mol. The highest BCUT2D eigenvalue weighted by Gasteiger charge is 2.29. The number of benzene rings is 14. The van der Waals surface area contributed by atoms with E-state index in [0.717, 1.165) is 45.5 Å². The summed E-state index contributed by atoms with van der Waals surface area (Å²) in [5.74, 6) is 0. The fourth-order valence-electron chi connectivity index (χ4n) is 13.3. The summed E-state index contributed by atoms with van der Waals surface area (Å²) in [5, 5.41) is 9.63. The first-order valence-electron chi connectivity index (χ1n) is 33.5. The van der Waals surface area contributed by atoms with Gasteiger partial charge in [-0.25, -0.2) is 0 Å². The average Bonchev–Trinajstić information content (AvgIpc) is 0.730. The van der Waals surface area contributed by atoms with Crippen LogP contribution in [0.4, 0.5) is 68.2 Å². The van der Waals surface area contributed by atoms with Crippen LogP contribution in [-0.4, -0.2) is 0 Å². The van der Waals surface area contributed by atoms with Gasteiger partial charge in [0.05, 0.1) is 22.7 Å². The molecule has 0 fully saturated rings. The third-order valence-electron chi connectivity index (χ3n) is 18.6. The summed E-state index contributed by atoms with van der Waals surface area (Å²) in [5.41, 5.74) is 25.3. The first-order chi connectivity index (χ1) is 45.8. The Morgan fingerprint density at radius 1 is 0.179 bits per heavy atom. The molecule has 0 aliphatic heterocycles. The van der Waals surface area contributed by atoms with Crippen molar-refractivity contribution >= 4 is 111 Å². The SMILES string of the molecule is Cc1ccc(N(c2ccc(C(C)(C)C)cc2)c2c3ccccc3c(N(c3ccc(C)cc3)c3ccc(C(C)(C)C)cc3)c3cc(C)ccc23)cc1.Cc1ccc(N(c2ccc(C)cc2)c2c3ccccc3c(N(c3ccc(C)cc3)c3ccc(C)cc3)c3ccccc23)cc1. The van der Waals surface area contributed by atoms with Gasteiger partial charge in [0.25, 0.3) is 0 Å². The molecule has 4 heteroatoms. The number of nitrogens with zero attached hydrogens (tertiary/aromatic N) is 4. The van der Waals surface area contributed by atoms with Crippen molar-refractivity contribution in [3.05, 3.63) is 335 Å². The molecular formula is C91H86N4. The molecule has 0 spiro atoms. The van der Waals surface area contributed by atoms with Crippen molar-refractivity contribution in [1.29, 1.82) is 0 Å². The zero-order valence-electron chi connectivity index (χ0n) is 57.4. The number of hydrogen-bond donors (Lipinski definition) is 0. The Hall–Kier alpha value is -10.7. The van der Waals surface area contributed by atoms with Crippen molar-refractivity contribution in [2.45, 2.75) is 101 Å². The van der Waals surface area contributed by atoms with E-state index in [0.29, 0.717) is 0 Å². The van der Waals surface area contributed by atoms with Crippen molar-refractivity contribution in [2.24, 2.45) is 0 Å². The number of hydrogen-bond acceptors (Lipinski definition) is 4. The topological polar surface area (TPSA) is 13.0 Å². The van der Waals surface area contributed by atoms with Crippen LogP contribution in [0.15, 0.2) is 285 Å². The van der Waals surface area contributed by atoms with Gasteiger partial charge in [0.1, 0.15) is 0 Å². The highest BCUT2D eigenvalue weighted by atomic mass is 15.2. The Balaban J connectivity index is 0.000000174. The Morgan fingerprint density at radius 2 is 0.347 bits per heavy atom. The van der Waals surface area contributed by atoms with E-state index in [1.165, 1.54) is 116 Å². The Kier molecular flexibility index (Phi) is 17.3. The van der Waals surface area contributed by atoms with Gasteiger partial charge in [-0.15, -0.1) is 0 Å². The maximum atomic E-state index is 2.47. The summed E-state index contributed by atoms with van der Waals surface area (Å²) in [6.45, 7) is 28.7. The van der Waals surface area contributed by atoms with Crippen LogP contribution in [-0.2, 0) is 10.8 Å². The minimum absolute atomic E-state index is 0.0654. The van der Waals surface area contributed by atoms with Crippen LogP contribution in [0.2, 0.25) is 0 Å². The normalized spacial score (nSPS) is 11.6. The molecular weight excluding hydrogens is 1150 g/mol. The molecule has 0 aliphatic carbocycles. The van der Waals surface area contributed by atoms with Crippen molar-refractivity contribution in [1.82, 2.24) is 0 Å². The van der Waals surface area contributed by atoms with Gasteiger partial charge in [-0.05, 0) is 174 Å². The monoisotopic (exact) mass is 1230 g/mol. The first-order valence-corrected chi connectivity index (χ1v) is 33.5. The lowest BCUT2D eigenvalue weighted by molar-refractivity contribution is 0.590. The van der Waals surface area contributed by atoms with Crippen LogP contribution in [0.25, 0.3) is 43.1 Å². The van der Waals surface area contributed by atoms with E-state index in [1.807, 2.05) is 0 Å². The van der Waals surface area contributed by atoms with Gasteiger partial charge >= 0.3 is 0 Å². The van der Waals surface area contributed by atoms with Crippen molar-refractivity contribution in [3.8, 4) is 0 Å². The molecule has 0 heterocycles. The number of aryl methyl sites for hydroxylation is 7. The molecule has 0 saturated carbocycles. The van der Waals surface area contributed by atoms with Gasteiger partial charge in [0.15, 0.2) is 0 Å². The summed E-state index contributed by atoms with van der Waals surface area (Å²) >= 11 is 0. The molecule has 0 N–H and O–H groups in total. The lowest BCUT2D eigenvalue weighted by atomic mass is 9.87. The van der Waals surface area contributed by atoms with E-state index in [4.69, 9.17) is 0 Å². The molecule has 0 aromatic heterocycles. The third kappa shape index (κ3) is 12.8. The molecule has 470 valence electrons. The minimum Gasteiger partial charge on any atom is -0.309 e. The van der Waals surface area contributed by atoms with E-state index < -0.39 is 0 Å². The van der Waals surface area contributed by atoms with E-state index in [-0.39, 0.29) is 10.8 Å². The highest BCUT2D eigenvalue weighted by Crippen LogP contribution is 2.54. The molecule has 0 atom stereocenters. The summed E-state index contributed by atoms with van der Waals surface area (Å²) in [7, 11) is 0. The Morgan fingerprint density at radius 3 is 0.547 bits per heavy atom. The van der Waals surface area contributed by atoms with Crippen LogP contribution in [0.1, 0.15) is 91.6 Å². The second kappa shape index (κ2) is 26.0. The predicted molar refractivity (Wildman–Crippen MR) is 412 cm³/mol. The summed E-state index contributed by atoms with van der Waals surface area (Å²) in [6.07, 6.45) is 0. The number of fused-ring (bicyclic) bond motifs is 4. The number of anilines is 12.